The molecule has 1 aliphatic carbocycles. The van der Waals surface area contributed by atoms with Gasteiger partial charge in [0.25, 0.3) is 0 Å². The molecule has 0 spiro atoms. The standard InChI is InChI=1S/C17H16N2/c18-11-13-4-8-17(9-5-13)19-12-14-2-1-3-16(10-14)15-6-7-15/h1-5,8-10,15,19H,6-7,12H2. The molecule has 0 bridgehead atoms. The summed E-state index contributed by atoms with van der Waals surface area (Å²) >= 11 is 0. The second kappa shape index (κ2) is 5.16. The third kappa shape index (κ3) is 2.95. The van der Waals surface area contributed by atoms with E-state index >= 15 is 0 Å². The molecule has 1 saturated carbocycles. The monoisotopic (exact) mass is 248 g/mol. The number of anilines is 1. The minimum Gasteiger partial charge on any atom is -0.381 e. The summed E-state index contributed by atoms with van der Waals surface area (Å²) in [6.45, 7) is 0.826. The van der Waals surface area contributed by atoms with Crippen LogP contribution in [0.15, 0.2) is 48.5 Å². The van der Waals surface area contributed by atoms with E-state index in [0.717, 1.165) is 18.2 Å². The van der Waals surface area contributed by atoms with Crippen molar-refractivity contribution in [2.75, 3.05) is 5.32 Å². The Labute approximate surface area is 113 Å². The Bertz CT molecular complexity index is 604. The molecule has 0 heterocycles. The molecule has 0 amide bonds. The van der Waals surface area contributed by atoms with Crippen LogP contribution in [0.2, 0.25) is 0 Å². The van der Waals surface area contributed by atoms with E-state index in [-0.39, 0.29) is 0 Å². The summed E-state index contributed by atoms with van der Waals surface area (Å²) in [5.41, 5.74) is 4.53. The van der Waals surface area contributed by atoms with Gasteiger partial charge in [0.05, 0.1) is 11.6 Å². The largest absolute Gasteiger partial charge is 0.381 e. The molecule has 1 N–H and O–H groups in total. The SMILES string of the molecule is N#Cc1ccc(NCc2cccc(C3CC3)c2)cc1. The molecule has 19 heavy (non-hydrogen) atoms. The first-order valence-electron chi connectivity index (χ1n) is 6.68. The van der Waals surface area contributed by atoms with Crippen molar-refractivity contribution in [3.8, 4) is 6.07 Å². The average Bonchev–Trinajstić information content (AvgIpc) is 3.31. The topological polar surface area (TPSA) is 35.8 Å². The molecule has 0 aromatic heterocycles. The highest BCUT2D eigenvalue weighted by Crippen LogP contribution is 2.40. The quantitative estimate of drug-likeness (QED) is 0.886. The van der Waals surface area contributed by atoms with E-state index in [1.807, 2.05) is 24.3 Å². The van der Waals surface area contributed by atoms with Gasteiger partial charge >= 0.3 is 0 Å². The predicted molar refractivity (Wildman–Crippen MR) is 76.9 cm³/mol. The Hall–Kier alpha value is -2.27. The van der Waals surface area contributed by atoms with Gasteiger partial charge in [-0.1, -0.05) is 24.3 Å². The minimum atomic E-state index is 0.696. The van der Waals surface area contributed by atoms with Gasteiger partial charge in [-0.2, -0.15) is 5.26 Å². The number of nitrogens with zero attached hydrogens (tertiary/aromatic N) is 1. The Balaban J connectivity index is 1.64. The highest BCUT2D eigenvalue weighted by molar-refractivity contribution is 5.47. The predicted octanol–water partition coefficient (Wildman–Crippen LogP) is 4.05. The first-order valence-corrected chi connectivity index (χ1v) is 6.68. The number of rotatable bonds is 4. The molecule has 0 radical (unpaired) electrons. The van der Waals surface area contributed by atoms with Crippen molar-refractivity contribution in [2.45, 2.75) is 25.3 Å². The van der Waals surface area contributed by atoms with E-state index in [9.17, 15) is 0 Å². The fourth-order valence-electron chi connectivity index (χ4n) is 2.24. The van der Waals surface area contributed by atoms with E-state index in [0.29, 0.717) is 5.56 Å². The van der Waals surface area contributed by atoms with Crippen LogP contribution < -0.4 is 5.32 Å². The van der Waals surface area contributed by atoms with Crippen LogP contribution in [-0.4, -0.2) is 0 Å². The zero-order valence-corrected chi connectivity index (χ0v) is 10.8. The van der Waals surface area contributed by atoms with Crippen molar-refractivity contribution >= 4 is 5.69 Å². The second-order valence-corrected chi connectivity index (χ2v) is 5.06. The highest BCUT2D eigenvalue weighted by Gasteiger charge is 2.23. The van der Waals surface area contributed by atoms with E-state index < -0.39 is 0 Å². The molecular formula is C17H16N2. The lowest BCUT2D eigenvalue weighted by atomic mass is 10.1. The van der Waals surface area contributed by atoms with Gasteiger partial charge in [0.2, 0.25) is 0 Å². The fourth-order valence-corrected chi connectivity index (χ4v) is 2.24. The number of benzene rings is 2. The number of hydrogen-bond acceptors (Lipinski definition) is 2. The van der Waals surface area contributed by atoms with Crippen molar-refractivity contribution < 1.29 is 0 Å². The molecule has 0 atom stereocenters. The summed E-state index contributed by atoms with van der Waals surface area (Å²) in [6.07, 6.45) is 2.68. The third-order valence-corrected chi connectivity index (χ3v) is 3.51. The van der Waals surface area contributed by atoms with Crippen molar-refractivity contribution in [2.24, 2.45) is 0 Å². The smallest absolute Gasteiger partial charge is 0.0991 e. The number of nitriles is 1. The van der Waals surface area contributed by atoms with Gasteiger partial charge in [0.1, 0.15) is 0 Å². The van der Waals surface area contributed by atoms with E-state index in [2.05, 4.69) is 35.7 Å². The van der Waals surface area contributed by atoms with Crippen LogP contribution in [0.1, 0.15) is 35.4 Å². The van der Waals surface area contributed by atoms with E-state index in [4.69, 9.17) is 5.26 Å². The molecule has 2 aromatic rings. The van der Waals surface area contributed by atoms with Crippen molar-refractivity contribution in [3.63, 3.8) is 0 Å². The normalized spacial score (nSPS) is 13.8. The van der Waals surface area contributed by atoms with Gasteiger partial charge in [0.15, 0.2) is 0 Å². The van der Waals surface area contributed by atoms with Crippen LogP contribution in [0.5, 0.6) is 0 Å². The van der Waals surface area contributed by atoms with Crippen LogP contribution in [0, 0.1) is 11.3 Å². The second-order valence-electron chi connectivity index (χ2n) is 5.06. The van der Waals surface area contributed by atoms with Gasteiger partial charge in [-0.3, -0.25) is 0 Å². The van der Waals surface area contributed by atoms with Crippen LogP contribution in [-0.2, 0) is 6.54 Å². The van der Waals surface area contributed by atoms with Crippen molar-refractivity contribution in [1.29, 1.82) is 5.26 Å². The lowest BCUT2D eigenvalue weighted by molar-refractivity contribution is 1.09. The lowest BCUT2D eigenvalue weighted by Gasteiger charge is -2.08. The van der Waals surface area contributed by atoms with Gasteiger partial charge in [-0.25, -0.2) is 0 Å². The molecule has 94 valence electrons. The first-order chi connectivity index (χ1) is 9.35. The van der Waals surface area contributed by atoms with Gasteiger partial charge < -0.3 is 5.32 Å². The molecule has 0 saturated heterocycles. The summed E-state index contributed by atoms with van der Waals surface area (Å²) in [4.78, 5) is 0. The highest BCUT2D eigenvalue weighted by atomic mass is 14.9. The average molecular weight is 248 g/mol. The van der Waals surface area contributed by atoms with Gasteiger partial charge in [-0.15, -0.1) is 0 Å². The summed E-state index contributed by atoms with van der Waals surface area (Å²) < 4.78 is 0. The zero-order valence-electron chi connectivity index (χ0n) is 10.8. The van der Waals surface area contributed by atoms with Crippen LogP contribution in [0.4, 0.5) is 5.69 Å². The molecule has 1 aliphatic rings. The number of nitrogens with one attached hydrogen (secondary N) is 1. The number of hydrogen-bond donors (Lipinski definition) is 1. The molecule has 0 unspecified atom stereocenters. The Morgan fingerprint density at radius 3 is 2.58 bits per heavy atom. The van der Waals surface area contributed by atoms with E-state index in [1.54, 1.807) is 0 Å². The molecule has 1 fully saturated rings. The van der Waals surface area contributed by atoms with Crippen LogP contribution in [0.3, 0.4) is 0 Å². The molecule has 0 aliphatic heterocycles. The zero-order chi connectivity index (χ0) is 13.1. The summed E-state index contributed by atoms with van der Waals surface area (Å²) in [5.74, 6) is 0.801. The Kier molecular flexibility index (Phi) is 3.20. The maximum absolute atomic E-state index is 8.75. The van der Waals surface area contributed by atoms with Crippen LogP contribution in [0.25, 0.3) is 0 Å². The Morgan fingerprint density at radius 1 is 1.11 bits per heavy atom. The molecular weight excluding hydrogens is 232 g/mol. The van der Waals surface area contributed by atoms with Gasteiger partial charge in [0, 0.05) is 12.2 Å². The van der Waals surface area contributed by atoms with E-state index in [1.165, 1.54) is 24.0 Å². The summed E-state index contributed by atoms with van der Waals surface area (Å²) in [6, 6.07) is 18.5. The van der Waals surface area contributed by atoms with Crippen LogP contribution >= 0.6 is 0 Å². The fraction of sp³-hybridized carbons (Fsp3) is 0.235. The van der Waals surface area contributed by atoms with Crippen molar-refractivity contribution in [3.05, 3.63) is 65.2 Å². The lowest BCUT2D eigenvalue weighted by Crippen LogP contribution is -1.99. The minimum absolute atomic E-state index is 0.696. The first kappa shape index (κ1) is 11.8. The molecule has 2 aromatic carbocycles. The maximum atomic E-state index is 8.75. The third-order valence-electron chi connectivity index (χ3n) is 3.51. The van der Waals surface area contributed by atoms with Gasteiger partial charge in [-0.05, 0) is 54.2 Å². The Morgan fingerprint density at radius 2 is 1.89 bits per heavy atom. The molecule has 2 heteroatoms. The molecule has 2 nitrogen and oxygen atoms in total. The summed E-state index contributed by atoms with van der Waals surface area (Å²) in [7, 11) is 0. The van der Waals surface area contributed by atoms with Crippen molar-refractivity contribution in [1.82, 2.24) is 0 Å². The maximum Gasteiger partial charge on any atom is 0.0991 e. The molecule has 3 rings (SSSR count). The summed E-state index contributed by atoms with van der Waals surface area (Å²) in [5, 5.41) is 12.1.